The molecule has 0 aromatic heterocycles. The van der Waals surface area contributed by atoms with Crippen molar-refractivity contribution in [1.82, 2.24) is 4.90 Å². The lowest BCUT2D eigenvalue weighted by Crippen LogP contribution is -2.40. The van der Waals surface area contributed by atoms with E-state index in [1.165, 1.54) is 13.0 Å². The fraction of sp³-hybridized carbons (Fsp3) is 0.778. The van der Waals surface area contributed by atoms with Gasteiger partial charge in [-0.15, -0.1) is 18.2 Å². The van der Waals surface area contributed by atoms with Gasteiger partial charge in [0.15, 0.2) is 0 Å². The van der Waals surface area contributed by atoms with Crippen molar-refractivity contribution in [2.75, 3.05) is 19.6 Å². The molecule has 1 heterocycles. The second-order valence-corrected chi connectivity index (χ2v) is 3.89. The van der Waals surface area contributed by atoms with E-state index in [0.29, 0.717) is 11.3 Å². The molecule has 1 saturated heterocycles. The Bertz CT molecular complexity index is 136. The van der Waals surface area contributed by atoms with Crippen molar-refractivity contribution in [3.63, 3.8) is 0 Å². The van der Waals surface area contributed by atoms with Crippen LogP contribution in [0, 0.1) is 5.92 Å². The molecule has 1 rings (SSSR count). The summed E-state index contributed by atoms with van der Waals surface area (Å²) in [5.74, 6) is 0.678. The van der Waals surface area contributed by atoms with E-state index in [4.69, 9.17) is 11.6 Å². The average molecular weight is 174 g/mol. The molecule has 0 radical (unpaired) electrons. The molecule has 2 atom stereocenters. The molecule has 0 aliphatic carbocycles. The molecule has 11 heavy (non-hydrogen) atoms. The third-order valence-electron chi connectivity index (χ3n) is 2.34. The Morgan fingerprint density at radius 3 is 3.00 bits per heavy atom. The van der Waals surface area contributed by atoms with Gasteiger partial charge in [-0.1, -0.05) is 13.0 Å². The Kier molecular flexibility index (Phi) is 3.41. The van der Waals surface area contributed by atoms with Crippen molar-refractivity contribution >= 4 is 11.6 Å². The van der Waals surface area contributed by atoms with Crippen molar-refractivity contribution in [2.24, 2.45) is 5.92 Å². The first kappa shape index (κ1) is 9.08. The van der Waals surface area contributed by atoms with Crippen molar-refractivity contribution in [3.8, 4) is 0 Å². The van der Waals surface area contributed by atoms with E-state index < -0.39 is 0 Å². The van der Waals surface area contributed by atoms with Gasteiger partial charge in [0.25, 0.3) is 0 Å². The molecule has 0 amide bonds. The Labute approximate surface area is 74.0 Å². The van der Waals surface area contributed by atoms with Gasteiger partial charge in [-0.25, -0.2) is 0 Å². The second-order valence-electron chi connectivity index (χ2n) is 3.33. The van der Waals surface area contributed by atoms with Crippen LogP contribution in [-0.2, 0) is 0 Å². The van der Waals surface area contributed by atoms with Crippen LogP contribution in [0.25, 0.3) is 0 Å². The van der Waals surface area contributed by atoms with E-state index in [-0.39, 0.29) is 0 Å². The molecule has 0 spiro atoms. The van der Waals surface area contributed by atoms with Crippen LogP contribution in [0.4, 0.5) is 0 Å². The predicted molar refractivity (Wildman–Crippen MR) is 50.1 cm³/mol. The highest BCUT2D eigenvalue weighted by Crippen LogP contribution is 2.21. The first-order valence-corrected chi connectivity index (χ1v) is 4.65. The molecule has 0 bridgehead atoms. The number of piperidine rings is 1. The first-order chi connectivity index (χ1) is 5.24. The van der Waals surface area contributed by atoms with Crippen LogP contribution in [0.5, 0.6) is 0 Å². The predicted octanol–water partition coefficient (Wildman–Crippen LogP) is 2.12. The summed E-state index contributed by atoms with van der Waals surface area (Å²) >= 11 is 6.12. The highest BCUT2D eigenvalue weighted by atomic mass is 35.5. The molecule has 1 aliphatic heterocycles. The fourth-order valence-electron chi connectivity index (χ4n) is 1.43. The maximum atomic E-state index is 6.12. The number of hydrogen-bond acceptors (Lipinski definition) is 1. The topological polar surface area (TPSA) is 3.24 Å². The molecule has 2 heteroatoms. The van der Waals surface area contributed by atoms with Gasteiger partial charge in [0.2, 0.25) is 0 Å². The lowest BCUT2D eigenvalue weighted by atomic mass is 9.99. The largest absolute Gasteiger partial charge is 0.298 e. The van der Waals surface area contributed by atoms with E-state index in [9.17, 15) is 0 Å². The summed E-state index contributed by atoms with van der Waals surface area (Å²) in [4.78, 5) is 2.35. The molecule has 0 aromatic carbocycles. The molecule has 1 nitrogen and oxygen atoms in total. The van der Waals surface area contributed by atoms with Gasteiger partial charge in [-0.2, -0.15) is 0 Å². The molecule has 1 fully saturated rings. The molecule has 2 unspecified atom stereocenters. The third-order valence-corrected chi connectivity index (χ3v) is 2.91. The van der Waals surface area contributed by atoms with Crippen LogP contribution < -0.4 is 0 Å². The zero-order valence-electron chi connectivity index (χ0n) is 7.09. The fourth-order valence-corrected chi connectivity index (χ4v) is 1.75. The SMILES string of the molecule is C=CCN1CCC(C)C(Cl)C1. The Morgan fingerprint density at radius 1 is 1.73 bits per heavy atom. The minimum absolute atomic E-state index is 0.337. The van der Waals surface area contributed by atoms with Crippen molar-refractivity contribution in [3.05, 3.63) is 12.7 Å². The van der Waals surface area contributed by atoms with E-state index in [0.717, 1.165) is 13.1 Å². The molecular weight excluding hydrogens is 158 g/mol. The lowest BCUT2D eigenvalue weighted by Gasteiger charge is -2.33. The van der Waals surface area contributed by atoms with E-state index in [1.807, 2.05) is 6.08 Å². The maximum Gasteiger partial charge on any atom is 0.0489 e. The third kappa shape index (κ3) is 2.49. The van der Waals surface area contributed by atoms with Gasteiger partial charge in [0, 0.05) is 18.5 Å². The summed E-state index contributed by atoms with van der Waals surface area (Å²) in [5.41, 5.74) is 0. The van der Waals surface area contributed by atoms with E-state index in [1.54, 1.807) is 0 Å². The van der Waals surface area contributed by atoms with Crippen LogP contribution in [-0.4, -0.2) is 29.9 Å². The summed E-state index contributed by atoms with van der Waals surface area (Å²) in [6.07, 6.45) is 3.17. The van der Waals surface area contributed by atoms with Gasteiger partial charge < -0.3 is 0 Å². The van der Waals surface area contributed by atoms with Gasteiger partial charge in [0.1, 0.15) is 0 Å². The van der Waals surface area contributed by atoms with E-state index >= 15 is 0 Å². The Hall–Kier alpha value is -0.0100. The summed E-state index contributed by atoms with van der Waals surface area (Å²) in [5, 5.41) is 0.337. The lowest BCUT2D eigenvalue weighted by molar-refractivity contribution is 0.215. The van der Waals surface area contributed by atoms with Crippen LogP contribution in [0.3, 0.4) is 0 Å². The highest BCUT2D eigenvalue weighted by molar-refractivity contribution is 6.21. The van der Waals surface area contributed by atoms with Gasteiger partial charge >= 0.3 is 0 Å². The number of alkyl halides is 1. The van der Waals surface area contributed by atoms with Gasteiger partial charge in [-0.3, -0.25) is 4.90 Å². The molecule has 1 aliphatic rings. The minimum Gasteiger partial charge on any atom is -0.298 e. The molecule has 0 saturated carbocycles. The standard InChI is InChI=1S/C9H16ClN/c1-3-5-11-6-4-8(2)9(10)7-11/h3,8-9H,1,4-7H2,2H3. The minimum atomic E-state index is 0.337. The van der Waals surface area contributed by atoms with Gasteiger partial charge in [0.05, 0.1) is 0 Å². The molecular formula is C9H16ClN. The normalized spacial score (nSPS) is 33.6. The second kappa shape index (κ2) is 4.13. The van der Waals surface area contributed by atoms with Crippen molar-refractivity contribution in [2.45, 2.75) is 18.7 Å². The molecule has 0 aromatic rings. The maximum absolute atomic E-state index is 6.12. The smallest absolute Gasteiger partial charge is 0.0489 e. The zero-order valence-corrected chi connectivity index (χ0v) is 7.85. The summed E-state index contributed by atoms with van der Waals surface area (Å²) in [6.45, 7) is 9.12. The van der Waals surface area contributed by atoms with Crippen molar-refractivity contribution in [1.29, 1.82) is 0 Å². The average Bonchev–Trinajstić information content (AvgIpc) is 1.98. The van der Waals surface area contributed by atoms with Crippen LogP contribution in [0.15, 0.2) is 12.7 Å². The summed E-state index contributed by atoms with van der Waals surface area (Å²) in [7, 11) is 0. The number of rotatable bonds is 2. The number of hydrogen-bond donors (Lipinski definition) is 0. The molecule has 64 valence electrons. The number of nitrogens with zero attached hydrogens (tertiary/aromatic N) is 1. The molecule has 0 N–H and O–H groups in total. The Morgan fingerprint density at radius 2 is 2.45 bits per heavy atom. The van der Waals surface area contributed by atoms with Gasteiger partial charge in [-0.05, 0) is 18.9 Å². The summed E-state index contributed by atoms with van der Waals surface area (Å²) in [6, 6.07) is 0. The van der Waals surface area contributed by atoms with E-state index in [2.05, 4.69) is 18.4 Å². The van der Waals surface area contributed by atoms with Crippen molar-refractivity contribution < 1.29 is 0 Å². The monoisotopic (exact) mass is 173 g/mol. The highest BCUT2D eigenvalue weighted by Gasteiger charge is 2.22. The number of likely N-dealkylation sites (tertiary alicyclic amines) is 1. The first-order valence-electron chi connectivity index (χ1n) is 4.21. The number of halogens is 1. The van der Waals surface area contributed by atoms with Crippen LogP contribution >= 0.6 is 11.6 Å². The van der Waals surface area contributed by atoms with Crippen LogP contribution in [0.1, 0.15) is 13.3 Å². The Balaban J connectivity index is 2.33. The zero-order chi connectivity index (χ0) is 8.27. The quantitative estimate of drug-likeness (QED) is 0.457. The summed E-state index contributed by atoms with van der Waals surface area (Å²) < 4.78 is 0. The van der Waals surface area contributed by atoms with Crippen LogP contribution in [0.2, 0.25) is 0 Å².